The molecule has 0 bridgehead atoms. The number of rotatable bonds is 6. The number of nitrogens with two attached hydrogens (primary N) is 1. The lowest BCUT2D eigenvalue weighted by Gasteiger charge is -2.10. The highest BCUT2D eigenvalue weighted by atomic mass is 19.1. The van der Waals surface area contributed by atoms with E-state index in [0.717, 1.165) is 5.56 Å². The molecule has 0 atom stereocenters. The van der Waals surface area contributed by atoms with Crippen LogP contribution in [0.25, 0.3) is 0 Å². The monoisotopic (exact) mass is 302 g/mol. The van der Waals surface area contributed by atoms with E-state index in [1.165, 1.54) is 12.1 Å². The largest absolute Gasteiger partial charge is 0.483 e. The number of hydrogen-bond acceptors (Lipinski definition) is 3. The zero-order valence-corrected chi connectivity index (χ0v) is 11.7. The van der Waals surface area contributed by atoms with Gasteiger partial charge >= 0.3 is 0 Å². The molecule has 0 aliphatic heterocycles. The van der Waals surface area contributed by atoms with Gasteiger partial charge in [-0.2, -0.15) is 0 Å². The highest BCUT2D eigenvalue weighted by molar-refractivity contribution is 5.97. The first-order valence-corrected chi connectivity index (χ1v) is 6.59. The molecule has 2 aromatic rings. The van der Waals surface area contributed by atoms with Crippen LogP contribution in [0.3, 0.4) is 0 Å². The van der Waals surface area contributed by atoms with E-state index in [9.17, 15) is 14.0 Å². The predicted molar refractivity (Wildman–Crippen MR) is 78.7 cm³/mol. The minimum absolute atomic E-state index is 0.253. The number of nitrogens with one attached hydrogen (secondary N) is 1. The maximum Gasteiger partial charge on any atom is 0.255 e. The molecule has 2 aromatic carbocycles. The number of hydrogen-bond donors (Lipinski definition) is 2. The zero-order chi connectivity index (χ0) is 15.9. The smallest absolute Gasteiger partial charge is 0.255 e. The minimum atomic E-state index is -0.624. The molecule has 0 spiro atoms. The molecule has 6 heteroatoms. The molecule has 0 aliphatic rings. The molecule has 5 nitrogen and oxygen atoms in total. The van der Waals surface area contributed by atoms with Gasteiger partial charge < -0.3 is 15.8 Å². The fourth-order valence-electron chi connectivity index (χ4n) is 1.81. The van der Waals surface area contributed by atoms with E-state index >= 15 is 0 Å². The van der Waals surface area contributed by atoms with Crippen LogP contribution in [-0.4, -0.2) is 18.4 Å². The Hall–Kier alpha value is -2.89. The molecular weight excluding hydrogens is 287 g/mol. The van der Waals surface area contributed by atoms with Gasteiger partial charge in [0.1, 0.15) is 11.6 Å². The summed E-state index contributed by atoms with van der Waals surface area (Å²) in [7, 11) is 0. The summed E-state index contributed by atoms with van der Waals surface area (Å²) >= 11 is 0. The maximum absolute atomic E-state index is 12.8. The first kappa shape index (κ1) is 15.5. The maximum atomic E-state index is 12.8. The summed E-state index contributed by atoms with van der Waals surface area (Å²) in [6.07, 6.45) is 0. The van der Waals surface area contributed by atoms with Crippen molar-refractivity contribution in [3.8, 4) is 5.75 Å². The van der Waals surface area contributed by atoms with Gasteiger partial charge in [0.05, 0.1) is 5.56 Å². The van der Waals surface area contributed by atoms with Gasteiger partial charge in [-0.3, -0.25) is 9.59 Å². The molecule has 0 unspecified atom stereocenters. The van der Waals surface area contributed by atoms with Crippen molar-refractivity contribution in [3.05, 3.63) is 65.5 Å². The van der Waals surface area contributed by atoms with E-state index in [1.807, 2.05) is 0 Å². The number of halogens is 1. The molecule has 2 rings (SSSR count). The normalized spacial score (nSPS) is 10.0. The van der Waals surface area contributed by atoms with Crippen LogP contribution >= 0.6 is 0 Å². The Morgan fingerprint density at radius 3 is 2.45 bits per heavy atom. The molecule has 0 heterocycles. The predicted octanol–water partition coefficient (Wildman–Crippen LogP) is 1.62. The van der Waals surface area contributed by atoms with Crippen LogP contribution in [-0.2, 0) is 11.3 Å². The molecule has 3 N–H and O–H groups in total. The number of carbonyl (C=O) groups excluding carboxylic acids is 2. The fourth-order valence-corrected chi connectivity index (χ4v) is 1.81. The Morgan fingerprint density at radius 2 is 1.77 bits per heavy atom. The molecule has 0 aromatic heterocycles. The molecular formula is C16H15FN2O3. The summed E-state index contributed by atoms with van der Waals surface area (Å²) in [6, 6.07) is 12.4. The number of benzene rings is 2. The Balaban J connectivity index is 2.02. The number of primary amides is 1. The number of amides is 2. The van der Waals surface area contributed by atoms with E-state index in [1.54, 1.807) is 36.4 Å². The summed E-state index contributed by atoms with van der Waals surface area (Å²) in [5, 5.41) is 2.71. The SMILES string of the molecule is NC(=O)COc1ccccc1C(=O)NCc1ccc(F)cc1. The van der Waals surface area contributed by atoms with Gasteiger partial charge in [0.25, 0.3) is 11.8 Å². The van der Waals surface area contributed by atoms with Crippen LogP contribution in [0, 0.1) is 5.82 Å². The average molecular weight is 302 g/mol. The van der Waals surface area contributed by atoms with Crippen molar-refractivity contribution < 1.29 is 18.7 Å². The molecule has 0 saturated carbocycles. The molecule has 0 saturated heterocycles. The van der Waals surface area contributed by atoms with Gasteiger partial charge in [-0.25, -0.2) is 4.39 Å². The van der Waals surface area contributed by atoms with Crippen LogP contribution in [0.2, 0.25) is 0 Å². The quantitative estimate of drug-likeness (QED) is 0.850. The summed E-state index contributed by atoms with van der Waals surface area (Å²) < 4.78 is 18.0. The van der Waals surface area contributed by atoms with Crippen molar-refractivity contribution in [1.29, 1.82) is 0 Å². The second-order valence-electron chi connectivity index (χ2n) is 4.56. The average Bonchev–Trinajstić information content (AvgIpc) is 2.52. The highest BCUT2D eigenvalue weighted by Crippen LogP contribution is 2.17. The van der Waals surface area contributed by atoms with Crippen molar-refractivity contribution in [2.24, 2.45) is 5.73 Å². The number of ether oxygens (including phenoxy) is 1. The Labute approximate surface area is 126 Å². The zero-order valence-electron chi connectivity index (χ0n) is 11.7. The summed E-state index contributed by atoms with van der Waals surface area (Å²) in [6.45, 7) is -0.0501. The third kappa shape index (κ3) is 4.31. The van der Waals surface area contributed by atoms with Crippen molar-refractivity contribution >= 4 is 11.8 Å². The molecule has 2 amide bonds. The van der Waals surface area contributed by atoms with Gasteiger partial charge in [-0.15, -0.1) is 0 Å². The molecule has 0 fully saturated rings. The fraction of sp³-hybridized carbons (Fsp3) is 0.125. The lowest BCUT2D eigenvalue weighted by Crippen LogP contribution is -2.25. The van der Waals surface area contributed by atoms with E-state index in [4.69, 9.17) is 10.5 Å². The highest BCUT2D eigenvalue weighted by Gasteiger charge is 2.12. The number of para-hydroxylation sites is 1. The number of carbonyl (C=O) groups is 2. The standard InChI is InChI=1S/C16H15FN2O3/c17-12-7-5-11(6-8-12)9-19-16(21)13-3-1-2-4-14(13)22-10-15(18)20/h1-8H,9-10H2,(H2,18,20)(H,19,21). The summed E-state index contributed by atoms with van der Waals surface area (Å²) in [5.74, 6) is -1.04. The molecule has 0 aliphatic carbocycles. The van der Waals surface area contributed by atoms with Crippen LogP contribution < -0.4 is 15.8 Å². The Kier molecular flexibility index (Phi) is 5.08. The van der Waals surface area contributed by atoms with Crippen molar-refractivity contribution in [2.45, 2.75) is 6.54 Å². The van der Waals surface area contributed by atoms with Gasteiger partial charge in [-0.1, -0.05) is 24.3 Å². The molecule has 22 heavy (non-hydrogen) atoms. The van der Waals surface area contributed by atoms with Crippen LogP contribution in [0.15, 0.2) is 48.5 Å². The summed E-state index contributed by atoms with van der Waals surface area (Å²) in [5.41, 5.74) is 6.08. The molecule has 114 valence electrons. The van der Waals surface area contributed by atoms with Crippen molar-refractivity contribution in [2.75, 3.05) is 6.61 Å². The van der Waals surface area contributed by atoms with Crippen molar-refractivity contribution in [1.82, 2.24) is 5.32 Å². The third-order valence-corrected chi connectivity index (χ3v) is 2.87. The van der Waals surface area contributed by atoms with Gasteiger partial charge in [0, 0.05) is 6.54 Å². The molecule has 0 radical (unpaired) electrons. The van der Waals surface area contributed by atoms with E-state index in [0.29, 0.717) is 5.56 Å². The van der Waals surface area contributed by atoms with Gasteiger partial charge in [-0.05, 0) is 29.8 Å². The lowest BCUT2D eigenvalue weighted by molar-refractivity contribution is -0.119. The van der Waals surface area contributed by atoms with Crippen LogP contribution in [0.4, 0.5) is 4.39 Å². The first-order chi connectivity index (χ1) is 10.6. The van der Waals surface area contributed by atoms with E-state index in [-0.39, 0.29) is 30.6 Å². The topological polar surface area (TPSA) is 81.4 Å². The Bertz CT molecular complexity index is 671. The second-order valence-corrected chi connectivity index (χ2v) is 4.56. The second kappa shape index (κ2) is 7.21. The van der Waals surface area contributed by atoms with Crippen molar-refractivity contribution in [3.63, 3.8) is 0 Å². The lowest BCUT2D eigenvalue weighted by atomic mass is 10.1. The minimum Gasteiger partial charge on any atom is -0.483 e. The van der Waals surface area contributed by atoms with Gasteiger partial charge in [0.2, 0.25) is 0 Å². The first-order valence-electron chi connectivity index (χ1n) is 6.59. The third-order valence-electron chi connectivity index (χ3n) is 2.87. The van der Waals surface area contributed by atoms with Gasteiger partial charge in [0.15, 0.2) is 6.61 Å². The summed E-state index contributed by atoms with van der Waals surface area (Å²) in [4.78, 5) is 22.9. The Morgan fingerprint density at radius 1 is 1.09 bits per heavy atom. The van der Waals surface area contributed by atoms with Crippen LogP contribution in [0.5, 0.6) is 5.75 Å². The van der Waals surface area contributed by atoms with Crippen LogP contribution in [0.1, 0.15) is 15.9 Å². The van der Waals surface area contributed by atoms with E-state index in [2.05, 4.69) is 5.32 Å². The van der Waals surface area contributed by atoms with E-state index < -0.39 is 5.91 Å².